The Morgan fingerprint density at radius 2 is 1.93 bits per heavy atom. The summed E-state index contributed by atoms with van der Waals surface area (Å²) < 4.78 is 2.00. The lowest BCUT2D eigenvalue weighted by molar-refractivity contribution is -0.119. The minimum absolute atomic E-state index is 0. The van der Waals surface area contributed by atoms with Gasteiger partial charge in [-0.1, -0.05) is 37.3 Å². The number of benzene rings is 1. The molecular weight excluding hydrogens is 457 g/mol. The Morgan fingerprint density at radius 3 is 2.63 bits per heavy atom. The average Bonchev–Trinajstić information content (AvgIpc) is 3.12. The van der Waals surface area contributed by atoms with Crippen molar-refractivity contribution in [3.63, 3.8) is 0 Å². The van der Waals surface area contributed by atoms with E-state index in [-0.39, 0.29) is 36.4 Å². The van der Waals surface area contributed by atoms with Gasteiger partial charge in [-0.3, -0.25) is 4.79 Å². The zero-order valence-electron chi connectivity index (χ0n) is 15.8. The normalized spacial score (nSPS) is 10.8. The summed E-state index contributed by atoms with van der Waals surface area (Å²) in [6, 6.07) is 9.81. The molecule has 3 N–H and O–H groups in total. The molecule has 148 valence electrons. The number of hydrogen-bond donors (Lipinski definition) is 3. The number of nitrogens with zero attached hydrogens (tertiary/aromatic N) is 4. The first-order valence-corrected chi connectivity index (χ1v) is 8.92. The second kappa shape index (κ2) is 13.1. The number of rotatable bonds is 9. The highest BCUT2D eigenvalue weighted by Crippen LogP contribution is 1.97. The van der Waals surface area contributed by atoms with E-state index in [9.17, 15) is 4.79 Å². The van der Waals surface area contributed by atoms with Crippen LogP contribution in [-0.4, -0.2) is 46.3 Å². The number of nitrogens with one attached hydrogen (secondary N) is 3. The summed E-state index contributed by atoms with van der Waals surface area (Å²) >= 11 is 0. The van der Waals surface area contributed by atoms with Crippen LogP contribution in [0.1, 0.15) is 25.2 Å². The standard InChI is InChI=1S/C18H27N7O.HI/c1-3-16-24-23-14-25(16)11-10-20-18(19-4-2)22-13-17(26)21-12-15-8-6-5-7-9-15;/h5-9,14H,3-4,10-13H2,1-2H3,(H,21,26)(H2,19,20,22);1H. The molecule has 2 aromatic rings. The second-order valence-electron chi connectivity index (χ2n) is 5.68. The molecule has 0 aliphatic carbocycles. The molecule has 1 amide bonds. The zero-order valence-corrected chi connectivity index (χ0v) is 18.1. The van der Waals surface area contributed by atoms with Gasteiger partial charge in [-0.05, 0) is 12.5 Å². The van der Waals surface area contributed by atoms with Crippen molar-refractivity contribution >= 4 is 35.8 Å². The molecule has 1 aromatic heterocycles. The van der Waals surface area contributed by atoms with Crippen LogP contribution in [0.2, 0.25) is 0 Å². The summed E-state index contributed by atoms with van der Waals surface area (Å²) in [7, 11) is 0. The number of aliphatic imine (C=N–C) groups is 1. The van der Waals surface area contributed by atoms with Crippen molar-refractivity contribution in [3.8, 4) is 0 Å². The number of halogens is 1. The van der Waals surface area contributed by atoms with Gasteiger partial charge in [0.25, 0.3) is 0 Å². The van der Waals surface area contributed by atoms with Crippen LogP contribution >= 0.6 is 24.0 Å². The fraction of sp³-hybridized carbons (Fsp3) is 0.444. The molecule has 9 heteroatoms. The first kappa shape index (κ1) is 22.9. The first-order chi connectivity index (χ1) is 12.7. The highest BCUT2D eigenvalue weighted by Gasteiger charge is 2.04. The Bertz CT molecular complexity index is 703. The first-order valence-electron chi connectivity index (χ1n) is 8.92. The average molecular weight is 485 g/mol. The van der Waals surface area contributed by atoms with E-state index in [2.05, 4.69) is 31.1 Å². The molecule has 0 radical (unpaired) electrons. The van der Waals surface area contributed by atoms with Gasteiger partial charge in [-0.2, -0.15) is 0 Å². The number of carbonyl (C=O) groups is 1. The van der Waals surface area contributed by atoms with Crippen LogP contribution in [-0.2, 0) is 24.3 Å². The summed E-state index contributed by atoms with van der Waals surface area (Å²) in [5.74, 6) is 1.46. The van der Waals surface area contributed by atoms with E-state index in [0.29, 0.717) is 19.0 Å². The quantitative estimate of drug-likeness (QED) is 0.283. The lowest BCUT2D eigenvalue weighted by Gasteiger charge is -2.12. The van der Waals surface area contributed by atoms with Crippen LogP contribution in [0.4, 0.5) is 0 Å². The lowest BCUT2D eigenvalue weighted by Crippen LogP contribution is -2.40. The summed E-state index contributed by atoms with van der Waals surface area (Å²) in [6.07, 6.45) is 2.57. The summed E-state index contributed by atoms with van der Waals surface area (Å²) in [5.41, 5.74) is 1.07. The Hall–Kier alpha value is -2.17. The molecule has 0 fully saturated rings. The predicted molar refractivity (Wildman–Crippen MR) is 117 cm³/mol. The molecular formula is C18H28IN7O. The van der Waals surface area contributed by atoms with Gasteiger partial charge in [0, 0.05) is 32.6 Å². The monoisotopic (exact) mass is 485 g/mol. The third kappa shape index (κ3) is 8.37. The van der Waals surface area contributed by atoms with Crippen molar-refractivity contribution in [1.82, 2.24) is 30.7 Å². The van der Waals surface area contributed by atoms with Gasteiger partial charge < -0.3 is 20.5 Å². The van der Waals surface area contributed by atoms with E-state index < -0.39 is 0 Å². The summed E-state index contributed by atoms with van der Waals surface area (Å²) in [5, 5.41) is 17.2. The van der Waals surface area contributed by atoms with Gasteiger partial charge >= 0.3 is 0 Å². The van der Waals surface area contributed by atoms with Crippen LogP contribution in [0.15, 0.2) is 41.7 Å². The Labute approximate surface area is 177 Å². The van der Waals surface area contributed by atoms with Gasteiger partial charge in [-0.15, -0.1) is 34.2 Å². The topological polar surface area (TPSA) is 96.2 Å². The van der Waals surface area contributed by atoms with E-state index in [1.165, 1.54) is 0 Å². The van der Waals surface area contributed by atoms with Crippen molar-refractivity contribution in [1.29, 1.82) is 0 Å². The number of guanidine groups is 1. The lowest BCUT2D eigenvalue weighted by atomic mass is 10.2. The number of aromatic nitrogens is 3. The molecule has 0 spiro atoms. The fourth-order valence-corrected chi connectivity index (χ4v) is 2.38. The van der Waals surface area contributed by atoms with Gasteiger partial charge in [0.1, 0.15) is 18.7 Å². The minimum Gasteiger partial charge on any atom is -0.357 e. The van der Waals surface area contributed by atoms with Crippen LogP contribution in [0, 0.1) is 0 Å². The van der Waals surface area contributed by atoms with Crippen LogP contribution in [0.3, 0.4) is 0 Å². The summed E-state index contributed by atoms with van der Waals surface area (Å²) in [6.45, 7) is 6.75. The van der Waals surface area contributed by atoms with Gasteiger partial charge in [0.05, 0.1) is 0 Å². The molecule has 2 rings (SSSR count). The molecule has 27 heavy (non-hydrogen) atoms. The van der Waals surface area contributed by atoms with Crippen molar-refractivity contribution in [2.75, 3.05) is 19.6 Å². The maximum atomic E-state index is 12.0. The van der Waals surface area contributed by atoms with E-state index >= 15 is 0 Å². The highest BCUT2D eigenvalue weighted by atomic mass is 127. The minimum atomic E-state index is -0.113. The third-order valence-corrected chi connectivity index (χ3v) is 3.71. The number of hydrogen-bond acceptors (Lipinski definition) is 4. The predicted octanol–water partition coefficient (Wildman–Crippen LogP) is 1.33. The SMILES string of the molecule is CCNC(=NCC(=O)NCc1ccccc1)NCCn1cnnc1CC.I. The van der Waals surface area contributed by atoms with E-state index in [0.717, 1.165) is 30.9 Å². The maximum Gasteiger partial charge on any atom is 0.242 e. The largest absolute Gasteiger partial charge is 0.357 e. The molecule has 0 bridgehead atoms. The highest BCUT2D eigenvalue weighted by molar-refractivity contribution is 14.0. The molecule has 1 aromatic carbocycles. The van der Waals surface area contributed by atoms with Crippen molar-refractivity contribution in [2.45, 2.75) is 33.4 Å². The Kier molecular flexibility index (Phi) is 11.1. The number of carbonyl (C=O) groups excluding carboxylic acids is 1. The number of aryl methyl sites for hydroxylation is 1. The maximum absolute atomic E-state index is 12.0. The smallest absolute Gasteiger partial charge is 0.242 e. The van der Waals surface area contributed by atoms with Gasteiger partial charge in [0.15, 0.2) is 5.96 Å². The molecule has 0 saturated carbocycles. The van der Waals surface area contributed by atoms with Crippen LogP contribution < -0.4 is 16.0 Å². The van der Waals surface area contributed by atoms with E-state index in [4.69, 9.17) is 0 Å². The van der Waals surface area contributed by atoms with Crippen molar-refractivity contribution in [2.24, 2.45) is 4.99 Å². The van der Waals surface area contributed by atoms with Gasteiger partial charge in [0.2, 0.25) is 5.91 Å². The summed E-state index contributed by atoms with van der Waals surface area (Å²) in [4.78, 5) is 16.3. The molecule has 1 heterocycles. The Balaban J connectivity index is 0.00000364. The van der Waals surface area contributed by atoms with Gasteiger partial charge in [-0.25, -0.2) is 4.99 Å². The van der Waals surface area contributed by atoms with E-state index in [1.54, 1.807) is 6.33 Å². The van der Waals surface area contributed by atoms with Crippen molar-refractivity contribution < 1.29 is 4.79 Å². The molecule has 0 aliphatic heterocycles. The zero-order chi connectivity index (χ0) is 18.6. The van der Waals surface area contributed by atoms with Crippen LogP contribution in [0.25, 0.3) is 0 Å². The Morgan fingerprint density at radius 1 is 1.15 bits per heavy atom. The third-order valence-electron chi connectivity index (χ3n) is 3.71. The molecule has 0 aliphatic rings. The molecule has 0 unspecified atom stereocenters. The van der Waals surface area contributed by atoms with E-state index in [1.807, 2.05) is 48.7 Å². The fourth-order valence-electron chi connectivity index (χ4n) is 2.38. The molecule has 0 saturated heterocycles. The number of amides is 1. The second-order valence-corrected chi connectivity index (χ2v) is 5.68. The molecule has 8 nitrogen and oxygen atoms in total. The van der Waals surface area contributed by atoms with Crippen LogP contribution in [0.5, 0.6) is 0 Å². The van der Waals surface area contributed by atoms with Crippen molar-refractivity contribution in [3.05, 3.63) is 48.0 Å². The molecule has 0 atom stereocenters.